The summed E-state index contributed by atoms with van der Waals surface area (Å²) in [6.07, 6.45) is 3.86. The highest BCUT2D eigenvalue weighted by Crippen LogP contribution is 2.38. The lowest BCUT2D eigenvalue weighted by Gasteiger charge is -2.39. The number of hydrogen-bond acceptors (Lipinski definition) is 4. The molecule has 1 aliphatic rings. The van der Waals surface area contributed by atoms with Gasteiger partial charge in [-0.1, -0.05) is 24.1 Å². The van der Waals surface area contributed by atoms with Crippen molar-refractivity contribution in [3.05, 3.63) is 36.0 Å². The number of nitrogens with zero attached hydrogens (tertiary/aromatic N) is 1. The molecule has 0 radical (unpaired) electrons. The maximum atomic E-state index is 11.8. The molecule has 3 N–H and O–H groups in total. The van der Waals surface area contributed by atoms with Crippen molar-refractivity contribution in [3.63, 3.8) is 0 Å². The van der Waals surface area contributed by atoms with Gasteiger partial charge in [-0.3, -0.25) is 0 Å². The predicted molar refractivity (Wildman–Crippen MR) is 84.7 cm³/mol. The fourth-order valence-electron chi connectivity index (χ4n) is 2.80. The minimum absolute atomic E-state index is 0.311. The monoisotopic (exact) mass is 305 g/mol. The van der Waals surface area contributed by atoms with E-state index in [4.69, 9.17) is 5.14 Å². The number of nitrogens with one attached hydrogen (secondary N) is 1. The second-order valence-electron chi connectivity index (χ2n) is 5.82. The largest absolute Gasteiger partial charge is 0.368 e. The van der Waals surface area contributed by atoms with Crippen LogP contribution in [-0.4, -0.2) is 24.7 Å². The molecular formula is C15H19N3O2S. The van der Waals surface area contributed by atoms with Crippen molar-refractivity contribution in [3.8, 4) is 0 Å². The molecule has 2 aromatic rings. The lowest BCUT2D eigenvalue weighted by atomic mass is 9.84. The van der Waals surface area contributed by atoms with Gasteiger partial charge >= 0.3 is 0 Å². The van der Waals surface area contributed by atoms with Gasteiger partial charge in [0.25, 0.3) is 0 Å². The molecule has 5 nitrogen and oxygen atoms in total. The third kappa shape index (κ3) is 2.49. The van der Waals surface area contributed by atoms with Crippen LogP contribution < -0.4 is 10.5 Å². The molecule has 0 atom stereocenters. The quantitative estimate of drug-likeness (QED) is 0.906. The zero-order valence-corrected chi connectivity index (χ0v) is 12.8. The van der Waals surface area contributed by atoms with E-state index < -0.39 is 14.8 Å². The number of aromatic nitrogens is 1. The van der Waals surface area contributed by atoms with E-state index >= 15 is 0 Å². The zero-order valence-electron chi connectivity index (χ0n) is 12.0. The molecule has 1 aromatic carbocycles. The summed E-state index contributed by atoms with van der Waals surface area (Å²) in [5.74, 6) is 0.714. The molecule has 1 saturated carbocycles. The Kier molecular flexibility index (Phi) is 3.37. The third-order valence-corrected chi connectivity index (χ3v) is 6.13. The lowest BCUT2D eigenvalue weighted by Crippen LogP contribution is -2.53. The molecule has 112 valence electrons. The van der Waals surface area contributed by atoms with Crippen molar-refractivity contribution in [1.29, 1.82) is 0 Å². The Labute approximate surface area is 124 Å². The highest BCUT2D eigenvalue weighted by atomic mass is 32.2. The van der Waals surface area contributed by atoms with Gasteiger partial charge in [0.15, 0.2) is 0 Å². The zero-order chi connectivity index (χ0) is 15.1. The van der Waals surface area contributed by atoms with Gasteiger partial charge in [0.2, 0.25) is 10.0 Å². The fourth-order valence-corrected chi connectivity index (χ4v) is 3.93. The molecule has 6 heteroatoms. The fraction of sp³-hybridized carbons (Fsp3) is 0.400. The molecule has 0 spiro atoms. The van der Waals surface area contributed by atoms with Gasteiger partial charge in [-0.25, -0.2) is 18.5 Å². The van der Waals surface area contributed by atoms with Crippen LogP contribution in [-0.2, 0) is 10.0 Å². The Morgan fingerprint density at radius 2 is 2.10 bits per heavy atom. The predicted octanol–water partition coefficient (Wildman–Crippen LogP) is 2.17. The molecule has 0 unspecified atom stereocenters. The third-order valence-electron chi connectivity index (χ3n) is 4.37. The van der Waals surface area contributed by atoms with Gasteiger partial charge in [0, 0.05) is 18.1 Å². The topological polar surface area (TPSA) is 85.1 Å². The van der Waals surface area contributed by atoms with Gasteiger partial charge < -0.3 is 5.32 Å². The second kappa shape index (κ2) is 4.96. The van der Waals surface area contributed by atoms with E-state index in [0.717, 1.165) is 22.8 Å². The van der Waals surface area contributed by atoms with E-state index in [1.165, 1.54) is 0 Å². The van der Waals surface area contributed by atoms with Gasteiger partial charge in [0.05, 0.1) is 0 Å². The van der Waals surface area contributed by atoms with E-state index in [2.05, 4.69) is 16.4 Å². The summed E-state index contributed by atoms with van der Waals surface area (Å²) in [6, 6.07) is 8.08. The maximum absolute atomic E-state index is 11.8. The van der Waals surface area contributed by atoms with Gasteiger partial charge in [-0.15, -0.1) is 0 Å². The lowest BCUT2D eigenvalue weighted by molar-refractivity contribution is 0.351. The molecule has 3 rings (SSSR count). The summed E-state index contributed by atoms with van der Waals surface area (Å²) in [6.45, 7) is 2.33. The first-order valence-electron chi connectivity index (χ1n) is 7.03. The highest BCUT2D eigenvalue weighted by molar-refractivity contribution is 7.90. The number of rotatable bonds is 4. The number of benzene rings is 1. The molecule has 1 heterocycles. The summed E-state index contributed by atoms with van der Waals surface area (Å²) in [5, 5.41) is 10.7. The van der Waals surface area contributed by atoms with Crippen molar-refractivity contribution in [2.24, 2.45) is 5.14 Å². The van der Waals surface area contributed by atoms with E-state index in [-0.39, 0.29) is 0 Å². The summed E-state index contributed by atoms with van der Waals surface area (Å²) in [4.78, 5) is 4.34. The second-order valence-corrected chi connectivity index (χ2v) is 7.78. The van der Waals surface area contributed by atoms with Crippen LogP contribution in [0.25, 0.3) is 10.8 Å². The normalized spacial score (nSPS) is 17.4. The number of primary sulfonamides is 1. The van der Waals surface area contributed by atoms with Crippen LogP contribution >= 0.6 is 0 Å². The van der Waals surface area contributed by atoms with Crippen LogP contribution in [0.15, 0.2) is 30.5 Å². The van der Waals surface area contributed by atoms with Crippen molar-refractivity contribution >= 4 is 26.6 Å². The van der Waals surface area contributed by atoms with Crippen molar-refractivity contribution in [1.82, 2.24) is 4.98 Å². The van der Waals surface area contributed by atoms with Crippen LogP contribution in [0.4, 0.5) is 5.82 Å². The van der Waals surface area contributed by atoms with E-state index in [1.807, 2.05) is 25.1 Å². The molecule has 1 aliphatic carbocycles. The van der Waals surface area contributed by atoms with Gasteiger partial charge in [-0.2, -0.15) is 0 Å². The van der Waals surface area contributed by atoms with Crippen molar-refractivity contribution in [2.45, 2.75) is 30.9 Å². The smallest absolute Gasteiger partial charge is 0.216 e. The number of nitrogens with two attached hydrogens (primary N) is 1. The minimum atomic E-state index is -3.55. The Bertz CT molecular complexity index is 783. The van der Waals surface area contributed by atoms with Crippen LogP contribution in [0.3, 0.4) is 0 Å². The molecule has 0 aliphatic heterocycles. The summed E-state index contributed by atoms with van der Waals surface area (Å²) in [7, 11) is -3.55. The highest BCUT2D eigenvalue weighted by Gasteiger charge is 2.47. The number of sulfonamides is 1. The molecule has 1 aromatic heterocycles. The molecule has 0 amide bonds. The Hall–Kier alpha value is -1.66. The summed E-state index contributed by atoms with van der Waals surface area (Å²) in [5.41, 5.74) is 1.14. The van der Waals surface area contributed by atoms with Crippen LogP contribution in [0.2, 0.25) is 0 Å². The Balaban J connectivity index is 1.91. The van der Waals surface area contributed by atoms with Gasteiger partial charge in [-0.05, 0) is 37.3 Å². The molecule has 1 fully saturated rings. The molecule has 0 saturated heterocycles. The number of aryl methyl sites for hydroxylation is 1. The minimum Gasteiger partial charge on any atom is -0.368 e. The number of pyridine rings is 1. The van der Waals surface area contributed by atoms with E-state index in [1.54, 1.807) is 6.20 Å². The van der Waals surface area contributed by atoms with Crippen molar-refractivity contribution < 1.29 is 8.42 Å². The van der Waals surface area contributed by atoms with Crippen LogP contribution in [0.5, 0.6) is 0 Å². The van der Waals surface area contributed by atoms with Gasteiger partial charge in [0.1, 0.15) is 10.6 Å². The van der Waals surface area contributed by atoms with E-state index in [0.29, 0.717) is 25.2 Å². The average Bonchev–Trinajstić information content (AvgIpc) is 2.36. The molecule has 21 heavy (non-hydrogen) atoms. The SMILES string of the molecule is Cc1ccc2ccnc(NCC3(S(N)(=O)=O)CCC3)c2c1. The number of fused-ring (bicyclic) bond motifs is 1. The van der Waals surface area contributed by atoms with Crippen molar-refractivity contribution in [2.75, 3.05) is 11.9 Å². The molecule has 0 bridgehead atoms. The van der Waals surface area contributed by atoms with Crippen LogP contribution in [0, 0.1) is 6.92 Å². The average molecular weight is 305 g/mol. The first-order valence-corrected chi connectivity index (χ1v) is 8.58. The number of anilines is 1. The summed E-state index contributed by atoms with van der Waals surface area (Å²) < 4.78 is 22.8. The summed E-state index contributed by atoms with van der Waals surface area (Å²) >= 11 is 0. The first-order chi connectivity index (χ1) is 9.91. The molecular weight excluding hydrogens is 286 g/mol. The number of hydrogen-bond donors (Lipinski definition) is 2. The first kappa shape index (κ1) is 14.3. The Morgan fingerprint density at radius 3 is 2.71 bits per heavy atom. The van der Waals surface area contributed by atoms with E-state index in [9.17, 15) is 8.42 Å². The van der Waals surface area contributed by atoms with Crippen LogP contribution in [0.1, 0.15) is 24.8 Å². The standard InChI is InChI=1S/C15H19N3O2S/c1-11-3-4-12-5-8-17-14(13(12)9-11)18-10-15(6-2-7-15)21(16,19)20/h3-5,8-9H,2,6-7,10H2,1H3,(H,17,18)(H2,16,19,20). The maximum Gasteiger partial charge on any atom is 0.216 e. The Morgan fingerprint density at radius 1 is 1.33 bits per heavy atom.